The van der Waals surface area contributed by atoms with Crippen molar-refractivity contribution in [2.24, 2.45) is 0 Å². The van der Waals surface area contributed by atoms with Crippen LogP contribution in [-0.4, -0.2) is 32.9 Å². The number of rotatable bonds is 6. The van der Waals surface area contributed by atoms with E-state index in [1.165, 1.54) is 15.6 Å². The lowest BCUT2D eigenvalue weighted by atomic mass is 10.2. The van der Waals surface area contributed by atoms with Gasteiger partial charge in [0, 0.05) is 13.6 Å². The highest BCUT2D eigenvalue weighted by Crippen LogP contribution is 2.20. The number of likely N-dealkylation sites (N-methyl/N-ethyl adjacent to an activating group) is 1. The van der Waals surface area contributed by atoms with E-state index in [0.29, 0.717) is 17.4 Å². The first kappa shape index (κ1) is 15.0. The molecule has 0 aliphatic carbocycles. The number of hydrogen-bond acceptors (Lipinski definition) is 4. The molecule has 0 saturated heterocycles. The lowest BCUT2D eigenvalue weighted by Gasteiger charge is -2.16. The minimum atomic E-state index is -3.39. The fraction of sp³-hybridized carbons (Fsp3) is 0.286. The van der Waals surface area contributed by atoms with E-state index in [1.54, 1.807) is 24.6 Å². The van der Waals surface area contributed by atoms with E-state index in [2.05, 4.69) is 0 Å². The number of benzene rings is 1. The Hall–Kier alpha value is -1.37. The molecule has 1 heterocycles. The predicted octanol–water partition coefficient (Wildman–Crippen LogP) is 2.76. The Morgan fingerprint density at radius 3 is 2.60 bits per heavy atom. The van der Waals surface area contributed by atoms with Crippen molar-refractivity contribution >= 4 is 21.4 Å². The van der Waals surface area contributed by atoms with Crippen LogP contribution in [-0.2, 0) is 10.0 Å². The van der Waals surface area contributed by atoms with Crippen molar-refractivity contribution in [2.75, 3.05) is 20.2 Å². The van der Waals surface area contributed by atoms with Gasteiger partial charge in [-0.05, 0) is 30.0 Å². The van der Waals surface area contributed by atoms with E-state index in [0.717, 1.165) is 11.3 Å². The molecular formula is C14H17NO3S2. The summed E-state index contributed by atoms with van der Waals surface area (Å²) in [5, 5.41) is 1.75. The fourth-order valence-corrected chi connectivity index (χ4v) is 4.04. The molecule has 0 bridgehead atoms. The van der Waals surface area contributed by atoms with Gasteiger partial charge in [0.1, 0.15) is 16.6 Å². The van der Waals surface area contributed by atoms with Gasteiger partial charge in [-0.1, -0.05) is 24.3 Å². The molecule has 0 radical (unpaired) electrons. The number of aryl methyl sites for hydroxylation is 1. The molecule has 0 spiro atoms. The summed E-state index contributed by atoms with van der Waals surface area (Å²) in [7, 11) is -1.82. The van der Waals surface area contributed by atoms with Crippen LogP contribution >= 0.6 is 11.3 Å². The number of nitrogens with zero attached hydrogens (tertiary/aromatic N) is 1. The van der Waals surface area contributed by atoms with Crippen molar-refractivity contribution < 1.29 is 13.2 Å². The van der Waals surface area contributed by atoms with Crippen LogP contribution in [0, 0.1) is 6.92 Å². The molecule has 1 aromatic carbocycles. The molecule has 1 aromatic heterocycles. The van der Waals surface area contributed by atoms with Crippen molar-refractivity contribution in [1.29, 1.82) is 0 Å². The summed E-state index contributed by atoms with van der Waals surface area (Å²) in [4.78, 5) is 0. The lowest BCUT2D eigenvalue weighted by molar-refractivity contribution is 0.285. The number of para-hydroxylation sites is 1. The standard InChI is InChI=1S/C14H17NO3S2/c1-12-6-3-4-7-13(12)18-10-9-15(2)20(16,17)14-8-5-11-19-14/h3-8,11H,9-10H2,1-2H3. The Balaban J connectivity index is 1.93. The summed E-state index contributed by atoms with van der Waals surface area (Å²) >= 11 is 1.22. The van der Waals surface area contributed by atoms with Gasteiger partial charge in [0.15, 0.2) is 0 Å². The highest BCUT2D eigenvalue weighted by Gasteiger charge is 2.21. The monoisotopic (exact) mass is 311 g/mol. The molecular weight excluding hydrogens is 294 g/mol. The van der Waals surface area contributed by atoms with E-state index < -0.39 is 10.0 Å². The molecule has 6 heteroatoms. The second-order valence-electron chi connectivity index (χ2n) is 4.37. The summed E-state index contributed by atoms with van der Waals surface area (Å²) in [5.74, 6) is 0.787. The van der Waals surface area contributed by atoms with Crippen LogP contribution < -0.4 is 4.74 Å². The van der Waals surface area contributed by atoms with E-state index >= 15 is 0 Å². The molecule has 4 nitrogen and oxygen atoms in total. The smallest absolute Gasteiger partial charge is 0.252 e. The molecule has 0 aliphatic rings. The van der Waals surface area contributed by atoms with Crippen LogP contribution in [0.4, 0.5) is 0 Å². The Bertz CT molecular complexity index is 651. The molecule has 0 atom stereocenters. The molecule has 0 unspecified atom stereocenters. The number of sulfonamides is 1. The molecule has 0 aliphatic heterocycles. The number of hydrogen-bond donors (Lipinski definition) is 0. The Kier molecular flexibility index (Phi) is 4.80. The minimum absolute atomic E-state index is 0.314. The SMILES string of the molecule is Cc1ccccc1OCCN(C)S(=O)(=O)c1cccs1. The van der Waals surface area contributed by atoms with Crippen LogP contribution in [0.15, 0.2) is 46.0 Å². The Morgan fingerprint density at radius 1 is 1.20 bits per heavy atom. The third-order valence-electron chi connectivity index (χ3n) is 2.92. The highest BCUT2D eigenvalue weighted by atomic mass is 32.2. The Labute approximate surface area is 123 Å². The summed E-state index contributed by atoms with van der Waals surface area (Å²) in [6.45, 7) is 2.60. The maximum Gasteiger partial charge on any atom is 0.252 e. The van der Waals surface area contributed by atoms with E-state index in [1.807, 2.05) is 31.2 Å². The van der Waals surface area contributed by atoms with Gasteiger partial charge in [0.25, 0.3) is 10.0 Å². The molecule has 0 saturated carbocycles. The second kappa shape index (κ2) is 6.39. The first-order valence-electron chi connectivity index (χ1n) is 6.20. The van der Waals surface area contributed by atoms with Crippen molar-refractivity contribution in [3.8, 4) is 5.75 Å². The van der Waals surface area contributed by atoms with Crippen molar-refractivity contribution in [3.63, 3.8) is 0 Å². The van der Waals surface area contributed by atoms with Gasteiger partial charge in [-0.3, -0.25) is 0 Å². The fourth-order valence-electron chi connectivity index (χ4n) is 1.69. The van der Waals surface area contributed by atoms with Gasteiger partial charge in [-0.25, -0.2) is 8.42 Å². The van der Waals surface area contributed by atoms with E-state index in [9.17, 15) is 8.42 Å². The molecule has 0 amide bonds. The maximum atomic E-state index is 12.2. The van der Waals surface area contributed by atoms with Gasteiger partial charge >= 0.3 is 0 Å². The topological polar surface area (TPSA) is 46.6 Å². The van der Waals surface area contributed by atoms with Crippen LogP contribution in [0.25, 0.3) is 0 Å². The van der Waals surface area contributed by atoms with E-state index in [-0.39, 0.29) is 0 Å². The van der Waals surface area contributed by atoms with E-state index in [4.69, 9.17) is 4.74 Å². The quantitative estimate of drug-likeness (QED) is 0.824. The van der Waals surface area contributed by atoms with Crippen LogP contribution in [0.2, 0.25) is 0 Å². The summed E-state index contributed by atoms with van der Waals surface area (Å²) in [5.41, 5.74) is 1.04. The zero-order valence-corrected chi connectivity index (χ0v) is 13.1. The Morgan fingerprint density at radius 2 is 1.95 bits per heavy atom. The summed E-state index contributed by atoms with van der Waals surface area (Å²) in [6.07, 6.45) is 0. The first-order valence-corrected chi connectivity index (χ1v) is 8.52. The third kappa shape index (κ3) is 3.39. The van der Waals surface area contributed by atoms with Crippen LogP contribution in [0.3, 0.4) is 0 Å². The predicted molar refractivity (Wildman–Crippen MR) is 80.8 cm³/mol. The molecule has 0 N–H and O–H groups in total. The average Bonchev–Trinajstić information content (AvgIpc) is 2.95. The normalized spacial score (nSPS) is 11.8. The summed E-state index contributed by atoms with van der Waals surface area (Å²) in [6, 6.07) is 11.0. The lowest BCUT2D eigenvalue weighted by Crippen LogP contribution is -2.30. The largest absolute Gasteiger partial charge is 0.492 e. The van der Waals surface area contributed by atoms with Gasteiger partial charge in [-0.15, -0.1) is 11.3 Å². The van der Waals surface area contributed by atoms with Crippen molar-refractivity contribution in [3.05, 3.63) is 47.3 Å². The highest BCUT2D eigenvalue weighted by molar-refractivity contribution is 7.91. The zero-order chi connectivity index (χ0) is 14.6. The molecule has 0 fully saturated rings. The molecule has 2 aromatic rings. The van der Waals surface area contributed by atoms with Gasteiger partial charge in [0.05, 0.1) is 0 Å². The maximum absolute atomic E-state index is 12.2. The minimum Gasteiger partial charge on any atom is -0.492 e. The van der Waals surface area contributed by atoms with Crippen molar-refractivity contribution in [1.82, 2.24) is 4.31 Å². The molecule has 2 rings (SSSR count). The van der Waals surface area contributed by atoms with Gasteiger partial charge < -0.3 is 4.74 Å². The average molecular weight is 311 g/mol. The number of thiophene rings is 1. The van der Waals surface area contributed by atoms with Crippen LogP contribution in [0.1, 0.15) is 5.56 Å². The van der Waals surface area contributed by atoms with Gasteiger partial charge in [-0.2, -0.15) is 4.31 Å². The zero-order valence-electron chi connectivity index (χ0n) is 11.4. The first-order chi connectivity index (χ1) is 9.51. The molecule has 20 heavy (non-hydrogen) atoms. The van der Waals surface area contributed by atoms with Crippen molar-refractivity contribution in [2.45, 2.75) is 11.1 Å². The third-order valence-corrected chi connectivity index (χ3v) is 6.15. The van der Waals surface area contributed by atoms with Crippen LogP contribution in [0.5, 0.6) is 5.75 Å². The molecule has 108 valence electrons. The summed E-state index contributed by atoms with van der Waals surface area (Å²) < 4.78 is 31.7. The van der Waals surface area contributed by atoms with Gasteiger partial charge in [0.2, 0.25) is 0 Å². The second-order valence-corrected chi connectivity index (χ2v) is 7.59. The number of ether oxygens (including phenoxy) is 1.